The number of anilines is 1. The molecule has 0 saturated carbocycles. The van der Waals surface area contributed by atoms with Crippen molar-refractivity contribution in [1.29, 1.82) is 5.26 Å². The summed E-state index contributed by atoms with van der Waals surface area (Å²) in [6.45, 7) is 2.02. The highest BCUT2D eigenvalue weighted by atomic mass is 32.2. The van der Waals surface area contributed by atoms with Crippen LogP contribution in [0.5, 0.6) is 0 Å². The summed E-state index contributed by atoms with van der Waals surface area (Å²) in [7, 11) is -3.81. The molecule has 0 atom stereocenters. The van der Waals surface area contributed by atoms with E-state index in [0.29, 0.717) is 5.69 Å². The second-order valence-electron chi connectivity index (χ2n) is 4.12. The van der Waals surface area contributed by atoms with E-state index in [1.807, 2.05) is 19.1 Å². The van der Waals surface area contributed by atoms with Gasteiger partial charge >= 0.3 is 0 Å². The Bertz CT molecular complexity index is 747. The molecule has 0 aliphatic rings. The fourth-order valence-electron chi connectivity index (χ4n) is 1.71. The highest BCUT2D eigenvalue weighted by Crippen LogP contribution is 2.18. The van der Waals surface area contributed by atoms with E-state index >= 15 is 0 Å². The van der Waals surface area contributed by atoms with Crippen LogP contribution < -0.4 is 4.72 Å². The fourth-order valence-corrected chi connectivity index (χ4v) is 2.88. The summed E-state index contributed by atoms with van der Waals surface area (Å²) in [5.74, 6) is 0. The van der Waals surface area contributed by atoms with Gasteiger partial charge in [0, 0.05) is 11.9 Å². The van der Waals surface area contributed by atoms with Gasteiger partial charge in [-0.05, 0) is 36.2 Å². The lowest BCUT2D eigenvalue weighted by atomic mass is 10.2. The van der Waals surface area contributed by atoms with Gasteiger partial charge in [-0.15, -0.1) is 0 Å². The molecule has 5 nitrogen and oxygen atoms in total. The molecule has 0 amide bonds. The number of benzene rings is 1. The Morgan fingerprint density at radius 2 is 1.95 bits per heavy atom. The van der Waals surface area contributed by atoms with E-state index in [0.717, 1.165) is 12.0 Å². The van der Waals surface area contributed by atoms with Crippen LogP contribution in [0, 0.1) is 11.3 Å². The zero-order valence-corrected chi connectivity index (χ0v) is 11.7. The van der Waals surface area contributed by atoms with Crippen LogP contribution in [0.15, 0.2) is 47.5 Å². The molecule has 1 aromatic heterocycles. The van der Waals surface area contributed by atoms with Crippen LogP contribution in [0.3, 0.4) is 0 Å². The molecule has 0 aliphatic heterocycles. The predicted molar refractivity (Wildman–Crippen MR) is 75.6 cm³/mol. The molecule has 0 unspecified atom stereocenters. The molecule has 0 bridgehead atoms. The Labute approximate surface area is 118 Å². The van der Waals surface area contributed by atoms with Crippen LogP contribution in [-0.2, 0) is 16.4 Å². The third kappa shape index (κ3) is 2.95. The normalized spacial score (nSPS) is 10.8. The van der Waals surface area contributed by atoms with Gasteiger partial charge in [-0.25, -0.2) is 13.4 Å². The summed E-state index contributed by atoms with van der Waals surface area (Å²) in [5, 5.41) is 8.91. The van der Waals surface area contributed by atoms with Crippen molar-refractivity contribution in [2.45, 2.75) is 18.2 Å². The van der Waals surface area contributed by atoms with Crippen molar-refractivity contribution in [3.63, 3.8) is 0 Å². The summed E-state index contributed by atoms with van der Waals surface area (Å²) in [5.41, 5.74) is 1.45. The molecular formula is C14H13N3O2S. The highest BCUT2D eigenvalue weighted by Gasteiger charge is 2.19. The minimum Gasteiger partial charge on any atom is -0.280 e. The maximum atomic E-state index is 12.2. The molecule has 2 rings (SSSR count). The Morgan fingerprint density at radius 3 is 2.55 bits per heavy atom. The quantitative estimate of drug-likeness (QED) is 0.935. The van der Waals surface area contributed by atoms with E-state index in [-0.39, 0.29) is 10.6 Å². The topological polar surface area (TPSA) is 82.8 Å². The summed E-state index contributed by atoms with van der Waals surface area (Å²) in [4.78, 5) is 3.63. The lowest BCUT2D eigenvalue weighted by Crippen LogP contribution is -2.15. The Balaban J connectivity index is 2.33. The number of rotatable bonds is 4. The van der Waals surface area contributed by atoms with E-state index in [4.69, 9.17) is 5.26 Å². The summed E-state index contributed by atoms with van der Waals surface area (Å²) in [6.07, 6.45) is 2.27. The first-order valence-corrected chi connectivity index (χ1v) is 7.52. The second-order valence-corrected chi connectivity index (χ2v) is 5.77. The first-order valence-electron chi connectivity index (χ1n) is 6.03. The lowest BCUT2D eigenvalue weighted by Gasteiger charge is -2.09. The van der Waals surface area contributed by atoms with Crippen molar-refractivity contribution in [3.8, 4) is 6.07 Å². The molecule has 0 spiro atoms. The monoisotopic (exact) mass is 287 g/mol. The predicted octanol–water partition coefficient (Wildman–Crippen LogP) is 2.32. The minimum absolute atomic E-state index is 0.120. The van der Waals surface area contributed by atoms with Gasteiger partial charge in [0.15, 0.2) is 5.69 Å². The van der Waals surface area contributed by atoms with E-state index in [9.17, 15) is 8.42 Å². The van der Waals surface area contributed by atoms with E-state index in [2.05, 4.69) is 9.71 Å². The summed E-state index contributed by atoms with van der Waals surface area (Å²) >= 11 is 0. The molecular weight excluding hydrogens is 274 g/mol. The van der Waals surface area contributed by atoms with Gasteiger partial charge < -0.3 is 0 Å². The molecule has 1 aromatic carbocycles. The molecule has 20 heavy (non-hydrogen) atoms. The molecule has 0 radical (unpaired) electrons. The number of nitriles is 1. The Morgan fingerprint density at radius 1 is 1.25 bits per heavy atom. The third-order valence-corrected chi connectivity index (χ3v) is 4.19. The summed E-state index contributed by atoms with van der Waals surface area (Å²) < 4.78 is 26.9. The number of hydrogen-bond donors (Lipinski definition) is 1. The smallest absolute Gasteiger partial charge is 0.264 e. The van der Waals surface area contributed by atoms with Crippen molar-refractivity contribution in [2.75, 3.05) is 4.72 Å². The highest BCUT2D eigenvalue weighted by molar-refractivity contribution is 7.92. The second kappa shape index (κ2) is 5.72. The van der Waals surface area contributed by atoms with Gasteiger partial charge in [0.1, 0.15) is 11.0 Å². The van der Waals surface area contributed by atoms with Gasteiger partial charge in [0.05, 0.1) is 0 Å². The number of nitrogens with one attached hydrogen (secondary N) is 1. The first-order chi connectivity index (χ1) is 9.56. The Kier molecular flexibility index (Phi) is 4.01. The average molecular weight is 287 g/mol. The zero-order chi connectivity index (χ0) is 14.6. The third-order valence-electron chi connectivity index (χ3n) is 2.78. The number of hydrogen-bond acceptors (Lipinski definition) is 4. The van der Waals surface area contributed by atoms with Crippen LogP contribution in [0.4, 0.5) is 5.69 Å². The maximum Gasteiger partial charge on any atom is 0.264 e. The average Bonchev–Trinajstić information content (AvgIpc) is 2.47. The van der Waals surface area contributed by atoms with Gasteiger partial charge in [0.2, 0.25) is 0 Å². The number of aromatic nitrogens is 1. The van der Waals surface area contributed by atoms with Crippen LogP contribution >= 0.6 is 0 Å². The van der Waals surface area contributed by atoms with Gasteiger partial charge in [-0.3, -0.25) is 4.72 Å². The van der Waals surface area contributed by atoms with E-state index in [1.165, 1.54) is 18.3 Å². The number of aryl methyl sites for hydroxylation is 1. The standard InChI is InChI=1S/C14H13N3O2S/c1-2-11-5-7-12(8-6-11)17-20(18,19)14-4-3-9-16-13(14)10-15/h3-9,17H,2H2,1H3. The number of sulfonamides is 1. The van der Waals surface area contributed by atoms with Crippen LogP contribution in [0.2, 0.25) is 0 Å². The largest absolute Gasteiger partial charge is 0.280 e. The molecule has 102 valence electrons. The Hall–Kier alpha value is -2.39. The van der Waals surface area contributed by atoms with Gasteiger partial charge in [0.25, 0.3) is 10.0 Å². The molecule has 1 N–H and O–H groups in total. The van der Waals surface area contributed by atoms with Gasteiger partial charge in [-0.2, -0.15) is 5.26 Å². The van der Waals surface area contributed by atoms with Crippen molar-refractivity contribution in [2.24, 2.45) is 0 Å². The number of nitrogens with zero attached hydrogens (tertiary/aromatic N) is 2. The maximum absolute atomic E-state index is 12.2. The van der Waals surface area contributed by atoms with Crippen LogP contribution in [0.25, 0.3) is 0 Å². The van der Waals surface area contributed by atoms with Crippen molar-refractivity contribution >= 4 is 15.7 Å². The van der Waals surface area contributed by atoms with E-state index < -0.39 is 10.0 Å². The van der Waals surface area contributed by atoms with Crippen molar-refractivity contribution in [1.82, 2.24) is 4.98 Å². The molecule has 0 saturated heterocycles. The van der Waals surface area contributed by atoms with Crippen LogP contribution in [0.1, 0.15) is 18.2 Å². The molecule has 1 heterocycles. The first kappa shape index (κ1) is 14.0. The molecule has 0 aliphatic carbocycles. The SMILES string of the molecule is CCc1ccc(NS(=O)(=O)c2cccnc2C#N)cc1. The minimum atomic E-state index is -3.81. The van der Waals surface area contributed by atoms with Crippen LogP contribution in [-0.4, -0.2) is 13.4 Å². The van der Waals surface area contributed by atoms with Crippen molar-refractivity contribution in [3.05, 3.63) is 53.9 Å². The molecule has 2 aromatic rings. The zero-order valence-electron chi connectivity index (χ0n) is 10.9. The van der Waals surface area contributed by atoms with E-state index in [1.54, 1.807) is 18.2 Å². The summed E-state index contributed by atoms with van der Waals surface area (Å²) in [6, 6.07) is 11.7. The molecule has 0 fully saturated rings. The fraction of sp³-hybridized carbons (Fsp3) is 0.143. The van der Waals surface area contributed by atoms with Crippen molar-refractivity contribution < 1.29 is 8.42 Å². The van der Waals surface area contributed by atoms with Gasteiger partial charge in [-0.1, -0.05) is 19.1 Å². The lowest BCUT2D eigenvalue weighted by molar-refractivity contribution is 0.600. The molecule has 6 heteroatoms. The number of pyridine rings is 1.